The quantitative estimate of drug-likeness (QED) is 0.760. The largest absolute Gasteiger partial charge is 0.441 e. The summed E-state index contributed by atoms with van der Waals surface area (Å²) in [6.07, 6.45) is 0.548. The van der Waals surface area contributed by atoms with Crippen molar-refractivity contribution in [2.45, 2.75) is 25.4 Å². The minimum Gasteiger partial charge on any atom is -0.327 e. The SMILES string of the molecule is Cc1ccc2c(c1)nc(CCCl)n2CCSC(F)(F)F. The average Bonchev–Trinajstić information content (AvgIpc) is 2.65. The van der Waals surface area contributed by atoms with Crippen molar-refractivity contribution in [2.24, 2.45) is 0 Å². The van der Waals surface area contributed by atoms with E-state index in [0.717, 1.165) is 22.4 Å². The van der Waals surface area contributed by atoms with E-state index >= 15 is 0 Å². The number of alkyl halides is 4. The fraction of sp³-hybridized carbons (Fsp3) is 0.462. The second-order valence-corrected chi connectivity index (χ2v) is 5.94. The number of nitrogens with zero attached hydrogens (tertiary/aromatic N) is 2. The lowest BCUT2D eigenvalue weighted by Crippen LogP contribution is -2.10. The molecule has 7 heteroatoms. The smallest absolute Gasteiger partial charge is 0.327 e. The number of aromatic nitrogens is 2. The molecule has 0 atom stereocenters. The molecule has 0 spiro atoms. The van der Waals surface area contributed by atoms with Crippen LogP contribution in [0, 0.1) is 6.92 Å². The second kappa shape index (κ2) is 6.26. The van der Waals surface area contributed by atoms with E-state index in [-0.39, 0.29) is 24.1 Å². The highest BCUT2D eigenvalue weighted by molar-refractivity contribution is 8.00. The Balaban J connectivity index is 2.26. The fourth-order valence-electron chi connectivity index (χ4n) is 2.07. The Hall–Kier alpha value is -0.880. The summed E-state index contributed by atoms with van der Waals surface area (Å²) in [5.74, 6) is 1.11. The number of fused-ring (bicyclic) bond motifs is 1. The Bertz CT molecular complexity index is 595. The third kappa shape index (κ3) is 3.82. The van der Waals surface area contributed by atoms with Crippen molar-refractivity contribution in [3.63, 3.8) is 0 Å². The van der Waals surface area contributed by atoms with Gasteiger partial charge in [-0.1, -0.05) is 6.07 Å². The third-order valence-corrected chi connectivity index (χ3v) is 3.78. The molecule has 0 aliphatic heterocycles. The molecule has 1 heterocycles. The first-order valence-electron chi connectivity index (χ1n) is 6.13. The zero-order chi connectivity index (χ0) is 14.8. The third-order valence-electron chi connectivity index (χ3n) is 2.88. The van der Waals surface area contributed by atoms with Crippen LogP contribution in [0.1, 0.15) is 11.4 Å². The Labute approximate surface area is 124 Å². The second-order valence-electron chi connectivity index (χ2n) is 4.41. The van der Waals surface area contributed by atoms with Crippen molar-refractivity contribution in [1.82, 2.24) is 9.55 Å². The first kappa shape index (κ1) is 15.5. The lowest BCUT2D eigenvalue weighted by Gasteiger charge is -2.09. The molecule has 0 bridgehead atoms. The fourth-order valence-corrected chi connectivity index (χ4v) is 2.74. The van der Waals surface area contributed by atoms with Crippen LogP contribution >= 0.6 is 23.4 Å². The van der Waals surface area contributed by atoms with Crippen LogP contribution in [0.4, 0.5) is 13.2 Å². The highest BCUT2D eigenvalue weighted by Crippen LogP contribution is 2.30. The van der Waals surface area contributed by atoms with Gasteiger partial charge in [0.05, 0.1) is 11.0 Å². The number of halogens is 4. The molecular weight excluding hydrogens is 309 g/mol. The number of hydrogen-bond acceptors (Lipinski definition) is 2. The van der Waals surface area contributed by atoms with Gasteiger partial charge in [-0.3, -0.25) is 0 Å². The van der Waals surface area contributed by atoms with Crippen molar-refractivity contribution >= 4 is 34.4 Å². The molecule has 0 aliphatic carbocycles. The number of rotatable bonds is 5. The van der Waals surface area contributed by atoms with Gasteiger partial charge in [0, 0.05) is 24.6 Å². The van der Waals surface area contributed by atoms with E-state index < -0.39 is 5.51 Å². The van der Waals surface area contributed by atoms with Crippen LogP contribution in [-0.4, -0.2) is 26.7 Å². The highest BCUT2D eigenvalue weighted by Gasteiger charge is 2.27. The Morgan fingerprint density at radius 3 is 2.75 bits per heavy atom. The van der Waals surface area contributed by atoms with Crippen LogP contribution in [-0.2, 0) is 13.0 Å². The summed E-state index contributed by atoms with van der Waals surface area (Å²) in [6.45, 7) is 2.23. The molecule has 0 aliphatic rings. The molecule has 0 unspecified atom stereocenters. The lowest BCUT2D eigenvalue weighted by atomic mass is 10.2. The summed E-state index contributed by atoms with van der Waals surface area (Å²) < 4.78 is 38.5. The predicted octanol–water partition coefficient (Wildman–Crippen LogP) is 4.38. The molecule has 0 saturated heterocycles. The molecule has 2 nitrogen and oxygen atoms in total. The van der Waals surface area contributed by atoms with Gasteiger partial charge in [0.1, 0.15) is 5.82 Å². The molecule has 0 radical (unpaired) electrons. The van der Waals surface area contributed by atoms with E-state index in [0.29, 0.717) is 12.3 Å². The van der Waals surface area contributed by atoms with E-state index in [1.165, 1.54) is 0 Å². The van der Waals surface area contributed by atoms with Crippen LogP contribution in [0.15, 0.2) is 18.2 Å². The molecule has 0 fully saturated rings. The highest BCUT2D eigenvalue weighted by atomic mass is 35.5. The Morgan fingerprint density at radius 1 is 1.35 bits per heavy atom. The molecule has 2 rings (SSSR count). The van der Waals surface area contributed by atoms with Crippen LogP contribution in [0.5, 0.6) is 0 Å². The first-order valence-corrected chi connectivity index (χ1v) is 7.65. The maximum Gasteiger partial charge on any atom is 0.441 e. The van der Waals surface area contributed by atoms with Gasteiger partial charge >= 0.3 is 5.51 Å². The minimum atomic E-state index is -4.19. The normalized spacial score (nSPS) is 12.2. The lowest BCUT2D eigenvalue weighted by molar-refractivity contribution is -0.0328. The van der Waals surface area contributed by atoms with Crippen molar-refractivity contribution in [2.75, 3.05) is 11.6 Å². The van der Waals surface area contributed by atoms with Crippen LogP contribution in [0.2, 0.25) is 0 Å². The van der Waals surface area contributed by atoms with E-state index in [2.05, 4.69) is 4.98 Å². The standard InChI is InChI=1S/C13H14ClF3N2S/c1-9-2-3-11-10(8-9)18-12(4-5-14)19(11)6-7-20-13(15,16)17/h2-3,8H,4-7H2,1H3. The van der Waals surface area contributed by atoms with E-state index in [1.54, 1.807) is 0 Å². The first-order chi connectivity index (χ1) is 9.40. The van der Waals surface area contributed by atoms with Crippen molar-refractivity contribution in [3.05, 3.63) is 29.6 Å². The zero-order valence-electron chi connectivity index (χ0n) is 10.9. The maximum absolute atomic E-state index is 12.2. The summed E-state index contributed by atoms with van der Waals surface area (Å²) in [4.78, 5) is 4.47. The van der Waals surface area contributed by atoms with Crippen molar-refractivity contribution in [3.8, 4) is 0 Å². The average molecular weight is 323 g/mol. The van der Waals surface area contributed by atoms with Crippen molar-refractivity contribution < 1.29 is 13.2 Å². The zero-order valence-corrected chi connectivity index (χ0v) is 12.4. The Kier molecular flexibility index (Phi) is 4.86. The summed E-state index contributed by atoms with van der Waals surface area (Å²) in [5, 5.41) is 0. The van der Waals surface area contributed by atoms with E-state index in [1.807, 2.05) is 29.7 Å². The number of thioether (sulfide) groups is 1. The van der Waals surface area contributed by atoms with Gasteiger partial charge in [-0.25, -0.2) is 4.98 Å². The van der Waals surface area contributed by atoms with Gasteiger partial charge in [-0.15, -0.1) is 11.6 Å². The summed E-state index contributed by atoms with van der Waals surface area (Å²) in [6, 6.07) is 5.76. The van der Waals surface area contributed by atoms with E-state index in [9.17, 15) is 13.2 Å². The van der Waals surface area contributed by atoms with Crippen LogP contribution < -0.4 is 0 Å². The van der Waals surface area contributed by atoms with Crippen LogP contribution in [0.25, 0.3) is 11.0 Å². The van der Waals surface area contributed by atoms with Gasteiger partial charge in [-0.2, -0.15) is 13.2 Å². The minimum absolute atomic E-state index is 0.0113. The maximum atomic E-state index is 12.2. The molecule has 1 aromatic carbocycles. The van der Waals surface area contributed by atoms with E-state index in [4.69, 9.17) is 11.6 Å². The molecule has 20 heavy (non-hydrogen) atoms. The molecular formula is C13H14ClF3N2S. The van der Waals surface area contributed by atoms with Gasteiger partial charge in [0.15, 0.2) is 0 Å². The number of imidazole rings is 1. The summed E-state index contributed by atoms with van der Waals surface area (Å²) >= 11 is 5.72. The van der Waals surface area contributed by atoms with Crippen LogP contribution in [0.3, 0.4) is 0 Å². The van der Waals surface area contributed by atoms with Gasteiger partial charge in [0.25, 0.3) is 0 Å². The molecule has 0 amide bonds. The number of hydrogen-bond donors (Lipinski definition) is 0. The molecule has 0 N–H and O–H groups in total. The molecule has 0 saturated carbocycles. The van der Waals surface area contributed by atoms with Gasteiger partial charge in [0.2, 0.25) is 0 Å². The monoisotopic (exact) mass is 322 g/mol. The van der Waals surface area contributed by atoms with Gasteiger partial charge in [-0.05, 0) is 36.4 Å². The van der Waals surface area contributed by atoms with Gasteiger partial charge < -0.3 is 4.57 Å². The predicted molar refractivity (Wildman–Crippen MR) is 77.4 cm³/mol. The Morgan fingerprint density at radius 2 is 2.10 bits per heavy atom. The van der Waals surface area contributed by atoms with Crippen molar-refractivity contribution in [1.29, 1.82) is 0 Å². The number of benzene rings is 1. The molecule has 1 aromatic heterocycles. The number of aryl methyl sites for hydroxylation is 3. The topological polar surface area (TPSA) is 17.8 Å². The molecule has 110 valence electrons. The summed E-state index contributed by atoms with van der Waals surface area (Å²) in [7, 11) is 0. The summed E-state index contributed by atoms with van der Waals surface area (Å²) in [5.41, 5.74) is -1.45. The molecule has 2 aromatic rings.